The minimum atomic E-state index is -4.94. The fraction of sp³-hybridized carbons (Fsp3) is 0.143. The third-order valence-corrected chi connectivity index (χ3v) is 4.01. The highest BCUT2D eigenvalue weighted by molar-refractivity contribution is 6.45. The van der Waals surface area contributed by atoms with Crippen LogP contribution in [-0.4, -0.2) is 42.1 Å². The first-order chi connectivity index (χ1) is 16.6. The van der Waals surface area contributed by atoms with Gasteiger partial charge < -0.3 is 24.4 Å². The number of nitrogens with zero attached hydrogens (tertiary/aromatic N) is 3. The van der Waals surface area contributed by atoms with Gasteiger partial charge in [-0.15, -0.1) is 13.2 Å². The Balaban J connectivity index is 1.93. The number of ether oxygens (including phenoxy) is 3. The monoisotopic (exact) mass is 498 g/mol. The highest BCUT2D eigenvalue weighted by Crippen LogP contribution is 2.33. The first kappa shape index (κ1) is 25.1. The molecule has 2 aromatic carbocycles. The smallest absolute Gasteiger partial charge is 0.436 e. The Hall–Kier alpha value is -4.49. The first-order valence-electron chi connectivity index (χ1n) is 9.46. The number of oxime groups is 1. The zero-order valence-corrected chi connectivity index (χ0v) is 17.9. The lowest BCUT2D eigenvalue weighted by Gasteiger charge is -2.13. The van der Waals surface area contributed by atoms with Gasteiger partial charge in [0.2, 0.25) is 5.82 Å². The van der Waals surface area contributed by atoms with Crippen LogP contribution < -0.4 is 19.5 Å². The summed E-state index contributed by atoms with van der Waals surface area (Å²) < 4.78 is 80.6. The van der Waals surface area contributed by atoms with E-state index in [0.29, 0.717) is 0 Å². The van der Waals surface area contributed by atoms with Crippen molar-refractivity contribution >= 4 is 11.6 Å². The maximum Gasteiger partial charge on any atom is 0.573 e. The zero-order chi connectivity index (χ0) is 25.6. The summed E-state index contributed by atoms with van der Waals surface area (Å²) in [5.74, 6) is -5.42. The molecule has 3 aromatic rings. The molecule has 3 rings (SSSR count). The second kappa shape index (κ2) is 10.6. The molecule has 1 heterocycles. The number of hydrogen-bond donors (Lipinski definition) is 1. The molecule has 0 aliphatic heterocycles. The van der Waals surface area contributed by atoms with Crippen LogP contribution in [0, 0.1) is 11.6 Å². The van der Waals surface area contributed by atoms with Crippen molar-refractivity contribution in [1.29, 1.82) is 0 Å². The van der Waals surface area contributed by atoms with Crippen molar-refractivity contribution in [1.82, 2.24) is 15.3 Å². The lowest BCUT2D eigenvalue weighted by atomic mass is 10.1. The standard InChI is InChI=1S/C21H15F5N4O5/c1-27-18(31)17(30-32-2)14-7-6-11(22)8-15(14)34-20-16(23)19(28-10-29-20)33-12-4-3-5-13(9-12)35-21(24,25)26/h3-10H,1-2H3,(H,27,31). The van der Waals surface area contributed by atoms with Crippen molar-refractivity contribution in [2.24, 2.45) is 5.16 Å². The van der Waals surface area contributed by atoms with Gasteiger partial charge in [0, 0.05) is 19.2 Å². The summed E-state index contributed by atoms with van der Waals surface area (Å²) in [6.07, 6.45) is -4.10. The topological polar surface area (TPSA) is 104 Å². The average Bonchev–Trinajstić information content (AvgIpc) is 2.79. The first-order valence-corrected chi connectivity index (χ1v) is 9.46. The van der Waals surface area contributed by atoms with Gasteiger partial charge in [-0.3, -0.25) is 4.79 Å². The van der Waals surface area contributed by atoms with E-state index in [2.05, 4.69) is 30.0 Å². The van der Waals surface area contributed by atoms with Crippen LogP contribution in [-0.2, 0) is 9.63 Å². The van der Waals surface area contributed by atoms with Crippen LogP contribution >= 0.6 is 0 Å². The van der Waals surface area contributed by atoms with Crippen LogP contribution in [0.15, 0.2) is 53.9 Å². The van der Waals surface area contributed by atoms with Crippen LogP contribution in [0.1, 0.15) is 5.56 Å². The number of rotatable bonds is 8. The minimum absolute atomic E-state index is 0.0647. The van der Waals surface area contributed by atoms with Crippen molar-refractivity contribution in [2.45, 2.75) is 6.36 Å². The Morgan fingerprint density at radius 1 is 1.00 bits per heavy atom. The average molecular weight is 498 g/mol. The Labute approximate surface area is 194 Å². The summed E-state index contributed by atoms with van der Waals surface area (Å²) in [6, 6.07) is 7.30. The van der Waals surface area contributed by atoms with Crippen LogP contribution in [0.4, 0.5) is 22.0 Å². The summed E-state index contributed by atoms with van der Waals surface area (Å²) in [6.45, 7) is 0. The molecule has 35 heavy (non-hydrogen) atoms. The highest BCUT2D eigenvalue weighted by Gasteiger charge is 2.31. The van der Waals surface area contributed by atoms with E-state index in [4.69, 9.17) is 9.47 Å². The Morgan fingerprint density at radius 3 is 2.34 bits per heavy atom. The van der Waals surface area contributed by atoms with E-state index in [1.54, 1.807) is 0 Å². The van der Waals surface area contributed by atoms with Crippen molar-refractivity contribution in [3.8, 4) is 29.0 Å². The van der Waals surface area contributed by atoms with Gasteiger partial charge in [0.25, 0.3) is 17.7 Å². The van der Waals surface area contributed by atoms with Crippen LogP contribution in [0.5, 0.6) is 29.0 Å². The predicted molar refractivity (Wildman–Crippen MR) is 109 cm³/mol. The molecule has 0 unspecified atom stereocenters. The largest absolute Gasteiger partial charge is 0.573 e. The van der Waals surface area contributed by atoms with Gasteiger partial charge in [-0.1, -0.05) is 11.2 Å². The molecule has 0 saturated heterocycles. The van der Waals surface area contributed by atoms with E-state index in [1.165, 1.54) is 26.3 Å². The molecule has 0 fully saturated rings. The second-order valence-corrected chi connectivity index (χ2v) is 6.37. The molecule has 0 aliphatic rings. The Bertz CT molecular complexity index is 1250. The number of aromatic nitrogens is 2. The van der Waals surface area contributed by atoms with Crippen LogP contribution in [0.3, 0.4) is 0 Å². The molecular weight excluding hydrogens is 483 g/mol. The van der Waals surface area contributed by atoms with Gasteiger partial charge in [0.05, 0.1) is 5.56 Å². The summed E-state index contributed by atoms with van der Waals surface area (Å²) in [7, 11) is 2.50. The molecule has 0 spiro atoms. The van der Waals surface area contributed by atoms with Crippen LogP contribution in [0.25, 0.3) is 0 Å². The normalized spacial score (nSPS) is 11.6. The molecule has 0 aliphatic carbocycles. The van der Waals surface area contributed by atoms with E-state index >= 15 is 4.39 Å². The number of hydrogen-bond acceptors (Lipinski definition) is 8. The molecule has 1 amide bonds. The van der Waals surface area contributed by atoms with Gasteiger partial charge in [-0.25, -0.2) is 4.39 Å². The molecule has 0 atom stereocenters. The third kappa shape index (κ3) is 6.52. The van der Waals surface area contributed by atoms with E-state index < -0.39 is 41.4 Å². The Morgan fingerprint density at radius 2 is 1.69 bits per heavy atom. The number of carbonyl (C=O) groups is 1. The summed E-state index contributed by atoms with van der Waals surface area (Å²) >= 11 is 0. The number of carbonyl (C=O) groups excluding carboxylic acids is 1. The predicted octanol–water partition coefficient (Wildman–Crippen LogP) is 4.33. The lowest BCUT2D eigenvalue weighted by molar-refractivity contribution is -0.274. The highest BCUT2D eigenvalue weighted by atomic mass is 19.4. The van der Waals surface area contributed by atoms with Crippen molar-refractivity contribution in [3.63, 3.8) is 0 Å². The SMILES string of the molecule is CNC(=O)C(=NOC)c1ccc(F)cc1Oc1ncnc(Oc2cccc(OC(F)(F)F)c2)c1F. The molecule has 9 nitrogen and oxygen atoms in total. The van der Waals surface area contributed by atoms with Crippen molar-refractivity contribution in [3.05, 3.63) is 66.0 Å². The maximum atomic E-state index is 15.0. The number of amides is 1. The van der Waals surface area contributed by atoms with E-state index in [-0.39, 0.29) is 22.8 Å². The third-order valence-electron chi connectivity index (χ3n) is 4.01. The van der Waals surface area contributed by atoms with Crippen molar-refractivity contribution in [2.75, 3.05) is 14.2 Å². The van der Waals surface area contributed by atoms with E-state index in [9.17, 15) is 22.4 Å². The molecule has 0 radical (unpaired) electrons. The second-order valence-electron chi connectivity index (χ2n) is 6.37. The van der Waals surface area contributed by atoms with Gasteiger partial charge >= 0.3 is 6.36 Å². The number of likely N-dealkylation sites (N-methyl/N-ethyl adjacent to an activating group) is 1. The quantitative estimate of drug-likeness (QED) is 0.280. The number of alkyl halides is 3. The summed E-state index contributed by atoms with van der Waals surface area (Å²) in [5.41, 5.74) is -0.373. The molecule has 0 bridgehead atoms. The Kier molecular flexibility index (Phi) is 7.63. The van der Waals surface area contributed by atoms with Gasteiger partial charge in [0.15, 0.2) is 5.71 Å². The molecule has 0 saturated carbocycles. The van der Waals surface area contributed by atoms with Crippen molar-refractivity contribution < 1.29 is 45.8 Å². The molecule has 1 N–H and O–H groups in total. The number of nitrogens with one attached hydrogen (secondary N) is 1. The molecular formula is C21H15F5N4O5. The summed E-state index contributed by atoms with van der Waals surface area (Å²) in [4.78, 5) is 24.0. The maximum absolute atomic E-state index is 15.0. The zero-order valence-electron chi connectivity index (χ0n) is 17.9. The molecule has 1 aromatic heterocycles. The van der Waals surface area contributed by atoms with Gasteiger partial charge in [-0.2, -0.15) is 14.4 Å². The van der Waals surface area contributed by atoms with E-state index in [1.807, 2.05) is 0 Å². The fourth-order valence-electron chi connectivity index (χ4n) is 2.63. The lowest BCUT2D eigenvalue weighted by Crippen LogP contribution is -2.29. The minimum Gasteiger partial charge on any atom is -0.436 e. The summed E-state index contributed by atoms with van der Waals surface area (Å²) in [5, 5.41) is 5.91. The number of benzene rings is 2. The fourth-order valence-corrected chi connectivity index (χ4v) is 2.63. The molecule has 184 valence electrons. The van der Waals surface area contributed by atoms with Crippen LogP contribution in [0.2, 0.25) is 0 Å². The van der Waals surface area contributed by atoms with Gasteiger partial charge in [0.1, 0.15) is 36.5 Å². The number of halogens is 5. The molecule has 14 heteroatoms. The van der Waals surface area contributed by atoms with E-state index in [0.717, 1.165) is 36.7 Å². The van der Waals surface area contributed by atoms with Gasteiger partial charge in [-0.05, 0) is 24.3 Å².